The SMILES string of the molecule is CCn1cc(Cl)c2cc(C(=O)NC3CCc4nc(N5CC(N)C(OC(C)C(C)OC)C5)ccc4C3)nnc21. The van der Waals surface area contributed by atoms with Gasteiger partial charge in [-0.2, -0.15) is 0 Å². The van der Waals surface area contributed by atoms with Gasteiger partial charge < -0.3 is 30.0 Å². The number of nitrogens with zero attached hydrogens (tertiary/aromatic N) is 5. The molecule has 0 bridgehead atoms. The number of anilines is 1. The maximum absolute atomic E-state index is 13.0. The number of aryl methyl sites for hydroxylation is 2. The van der Waals surface area contributed by atoms with Crippen LogP contribution in [0.3, 0.4) is 0 Å². The van der Waals surface area contributed by atoms with E-state index in [1.165, 1.54) is 0 Å². The van der Waals surface area contributed by atoms with Gasteiger partial charge in [-0.1, -0.05) is 17.7 Å². The van der Waals surface area contributed by atoms with E-state index in [0.717, 1.165) is 41.8 Å². The Morgan fingerprint density at radius 3 is 2.84 bits per heavy atom. The van der Waals surface area contributed by atoms with E-state index in [4.69, 9.17) is 31.8 Å². The number of aromatic nitrogens is 4. The first-order chi connectivity index (χ1) is 18.3. The van der Waals surface area contributed by atoms with E-state index in [9.17, 15) is 4.79 Å². The molecule has 4 heterocycles. The molecule has 11 heteroatoms. The zero-order chi connectivity index (χ0) is 27.0. The molecule has 1 fully saturated rings. The summed E-state index contributed by atoms with van der Waals surface area (Å²) >= 11 is 6.35. The summed E-state index contributed by atoms with van der Waals surface area (Å²) in [7, 11) is 1.69. The number of halogens is 1. The molecule has 1 amide bonds. The van der Waals surface area contributed by atoms with Crippen molar-refractivity contribution in [3.05, 3.63) is 46.4 Å². The van der Waals surface area contributed by atoms with Gasteiger partial charge >= 0.3 is 0 Å². The minimum atomic E-state index is -0.244. The van der Waals surface area contributed by atoms with Crippen LogP contribution in [0.15, 0.2) is 24.4 Å². The van der Waals surface area contributed by atoms with E-state index in [-0.39, 0.29) is 42.0 Å². The first-order valence-electron chi connectivity index (χ1n) is 13.3. The van der Waals surface area contributed by atoms with Gasteiger partial charge in [0.05, 0.1) is 29.4 Å². The summed E-state index contributed by atoms with van der Waals surface area (Å²) in [6, 6.07) is 5.78. The standard InChI is InChI=1S/C27H36ClN7O3/c1-5-34-12-20(28)19-11-23(32-33-26(19)34)27(36)30-18-7-8-22-17(10-18)6-9-25(31-22)35-13-21(29)24(14-35)38-16(3)15(2)37-4/h6,9,11-12,15-16,18,21,24H,5,7-8,10,13-14,29H2,1-4H3,(H,30,36). The quantitative estimate of drug-likeness (QED) is 0.446. The highest BCUT2D eigenvalue weighted by Gasteiger charge is 2.34. The molecular weight excluding hydrogens is 506 g/mol. The van der Waals surface area contributed by atoms with Gasteiger partial charge in [-0.25, -0.2) is 4.98 Å². The van der Waals surface area contributed by atoms with Crippen molar-refractivity contribution in [3.63, 3.8) is 0 Å². The smallest absolute Gasteiger partial charge is 0.272 e. The number of ether oxygens (including phenoxy) is 2. The molecule has 5 rings (SSSR count). The summed E-state index contributed by atoms with van der Waals surface area (Å²) < 4.78 is 13.5. The lowest BCUT2D eigenvalue weighted by atomic mass is 9.91. The minimum Gasteiger partial charge on any atom is -0.379 e. The van der Waals surface area contributed by atoms with Crippen molar-refractivity contribution >= 4 is 34.4 Å². The number of nitrogens with two attached hydrogens (primary N) is 1. The van der Waals surface area contributed by atoms with Crippen molar-refractivity contribution in [2.45, 2.75) is 77.0 Å². The predicted molar refractivity (Wildman–Crippen MR) is 147 cm³/mol. The monoisotopic (exact) mass is 541 g/mol. The summed E-state index contributed by atoms with van der Waals surface area (Å²) in [4.78, 5) is 20.1. The fourth-order valence-electron chi connectivity index (χ4n) is 5.26. The summed E-state index contributed by atoms with van der Waals surface area (Å²) in [6.07, 6.45) is 4.01. The molecule has 0 saturated carbocycles. The fourth-order valence-corrected chi connectivity index (χ4v) is 5.52. The average Bonchev–Trinajstić information content (AvgIpc) is 3.46. The number of pyridine rings is 1. The Labute approximate surface area is 227 Å². The molecule has 1 aliphatic heterocycles. The van der Waals surface area contributed by atoms with E-state index >= 15 is 0 Å². The van der Waals surface area contributed by atoms with Crippen molar-refractivity contribution in [1.29, 1.82) is 0 Å². The number of carbonyl (C=O) groups is 1. The Balaban J connectivity index is 1.21. The van der Waals surface area contributed by atoms with Crippen molar-refractivity contribution in [1.82, 2.24) is 25.1 Å². The molecule has 10 nitrogen and oxygen atoms in total. The third-order valence-corrected chi connectivity index (χ3v) is 8.09. The van der Waals surface area contributed by atoms with Crippen LogP contribution >= 0.6 is 11.6 Å². The Morgan fingerprint density at radius 2 is 2.08 bits per heavy atom. The Kier molecular flexibility index (Phi) is 7.85. The summed E-state index contributed by atoms with van der Waals surface area (Å²) in [5.41, 5.74) is 9.56. The van der Waals surface area contributed by atoms with Crippen LogP contribution in [0.2, 0.25) is 5.02 Å². The molecule has 3 aromatic heterocycles. The minimum absolute atomic E-state index is 0.00175. The van der Waals surface area contributed by atoms with E-state index in [1.54, 1.807) is 13.2 Å². The summed E-state index contributed by atoms with van der Waals surface area (Å²) in [6.45, 7) is 8.14. The lowest BCUT2D eigenvalue weighted by Gasteiger charge is -2.27. The molecule has 2 aliphatic rings. The maximum atomic E-state index is 13.0. The number of amides is 1. The van der Waals surface area contributed by atoms with Crippen molar-refractivity contribution in [2.75, 3.05) is 25.1 Å². The zero-order valence-electron chi connectivity index (χ0n) is 22.4. The molecule has 3 N–H and O–H groups in total. The summed E-state index contributed by atoms with van der Waals surface area (Å²) in [5.74, 6) is 0.673. The third kappa shape index (κ3) is 5.36. The van der Waals surface area contributed by atoms with Crippen LogP contribution in [0.5, 0.6) is 0 Å². The van der Waals surface area contributed by atoms with Crippen LogP contribution in [-0.4, -0.2) is 76.3 Å². The lowest BCUT2D eigenvalue weighted by Crippen LogP contribution is -2.40. The van der Waals surface area contributed by atoms with Crippen LogP contribution in [0.4, 0.5) is 5.82 Å². The second-order valence-corrected chi connectivity index (χ2v) is 10.7. The third-order valence-electron chi connectivity index (χ3n) is 7.79. The van der Waals surface area contributed by atoms with Gasteiger partial charge in [-0.15, -0.1) is 10.2 Å². The largest absolute Gasteiger partial charge is 0.379 e. The number of rotatable bonds is 8. The molecule has 1 saturated heterocycles. The van der Waals surface area contributed by atoms with E-state index in [1.807, 2.05) is 37.6 Å². The first kappa shape index (κ1) is 26.8. The topological polar surface area (TPSA) is 120 Å². The number of fused-ring (bicyclic) bond motifs is 2. The Morgan fingerprint density at radius 1 is 1.26 bits per heavy atom. The molecule has 0 radical (unpaired) electrons. The molecule has 5 unspecified atom stereocenters. The van der Waals surface area contributed by atoms with E-state index < -0.39 is 0 Å². The number of hydrogen-bond acceptors (Lipinski definition) is 8. The molecule has 204 valence electrons. The number of carbonyl (C=O) groups excluding carboxylic acids is 1. The van der Waals surface area contributed by atoms with E-state index in [0.29, 0.717) is 30.2 Å². The zero-order valence-corrected chi connectivity index (χ0v) is 23.1. The van der Waals surface area contributed by atoms with Crippen molar-refractivity contribution in [3.8, 4) is 0 Å². The van der Waals surface area contributed by atoms with Gasteiger partial charge in [0.25, 0.3) is 5.91 Å². The van der Waals surface area contributed by atoms with Crippen LogP contribution in [-0.2, 0) is 28.9 Å². The normalized spacial score (nSPS) is 22.9. The van der Waals surface area contributed by atoms with Crippen molar-refractivity contribution in [2.24, 2.45) is 5.73 Å². The molecule has 38 heavy (non-hydrogen) atoms. The predicted octanol–water partition coefficient (Wildman–Crippen LogP) is 2.74. The van der Waals surface area contributed by atoms with Gasteiger partial charge in [0.1, 0.15) is 5.82 Å². The van der Waals surface area contributed by atoms with Gasteiger partial charge in [-0.05, 0) is 57.7 Å². The van der Waals surface area contributed by atoms with Crippen molar-refractivity contribution < 1.29 is 14.3 Å². The highest BCUT2D eigenvalue weighted by Crippen LogP contribution is 2.27. The molecule has 1 aliphatic carbocycles. The van der Waals surface area contributed by atoms with E-state index in [2.05, 4.69) is 26.5 Å². The number of hydrogen-bond donors (Lipinski definition) is 2. The second kappa shape index (κ2) is 11.1. The molecule has 3 aromatic rings. The molecule has 0 spiro atoms. The average molecular weight is 542 g/mol. The van der Waals surface area contributed by atoms with Gasteiger partial charge in [-0.3, -0.25) is 4.79 Å². The van der Waals surface area contributed by atoms with Gasteiger partial charge in [0.2, 0.25) is 0 Å². The van der Waals surface area contributed by atoms with Crippen LogP contribution < -0.4 is 16.0 Å². The van der Waals surface area contributed by atoms with Gasteiger partial charge in [0.15, 0.2) is 11.3 Å². The lowest BCUT2D eigenvalue weighted by molar-refractivity contribution is -0.0713. The van der Waals surface area contributed by atoms with Crippen LogP contribution in [0, 0.1) is 0 Å². The summed E-state index contributed by atoms with van der Waals surface area (Å²) in [5, 5.41) is 12.8. The number of nitrogens with one attached hydrogen (secondary N) is 1. The maximum Gasteiger partial charge on any atom is 0.272 e. The van der Waals surface area contributed by atoms with Gasteiger partial charge in [0, 0.05) is 50.1 Å². The Bertz CT molecular complexity index is 1320. The first-order valence-corrected chi connectivity index (χ1v) is 13.7. The number of methoxy groups -OCH3 is 1. The Hall–Kier alpha value is -2.79. The highest BCUT2D eigenvalue weighted by atomic mass is 35.5. The fraction of sp³-hybridized carbons (Fsp3) is 0.556. The molecule has 5 atom stereocenters. The molecular formula is C27H36ClN7O3. The second-order valence-electron chi connectivity index (χ2n) is 10.3. The highest BCUT2D eigenvalue weighted by molar-refractivity contribution is 6.35. The molecule has 0 aromatic carbocycles. The van der Waals surface area contributed by atoms with Crippen LogP contribution in [0.1, 0.15) is 48.9 Å². The van der Waals surface area contributed by atoms with Crippen LogP contribution in [0.25, 0.3) is 11.0 Å².